The highest BCUT2D eigenvalue weighted by atomic mass is 33.1. The highest BCUT2D eigenvalue weighted by Crippen LogP contribution is 2.25. The largest absolute Gasteiger partial charge is 0.573 e. The zero-order valence-electron chi connectivity index (χ0n) is 15.2. The van der Waals surface area contributed by atoms with Gasteiger partial charge in [-0.2, -0.15) is 0 Å². The molecule has 0 saturated carbocycles. The van der Waals surface area contributed by atoms with Gasteiger partial charge in [-0.3, -0.25) is 9.52 Å². The summed E-state index contributed by atoms with van der Waals surface area (Å²) in [6.45, 7) is 1.45. The molecule has 30 heavy (non-hydrogen) atoms. The third-order valence-corrected chi connectivity index (χ3v) is 5.20. The van der Waals surface area contributed by atoms with Crippen molar-refractivity contribution in [2.45, 2.75) is 18.2 Å². The van der Waals surface area contributed by atoms with Crippen molar-refractivity contribution < 1.29 is 36.2 Å². The van der Waals surface area contributed by atoms with E-state index in [0.29, 0.717) is 5.56 Å². The summed E-state index contributed by atoms with van der Waals surface area (Å²) in [6, 6.07) is 9.54. The van der Waals surface area contributed by atoms with Gasteiger partial charge in [0.05, 0.1) is 10.6 Å². The van der Waals surface area contributed by atoms with Gasteiger partial charge in [0.2, 0.25) is 0 Å². The Labute approximate surface area is 185 Å². The van der Waals surface area contributed by atoms with Crippen LogP contribution in [0.15, 0.2) is 53.4 Å². The molecule has 2 aromatic carbocycles. The number of hydrogen-bond acceptors (Lipinski definition) is 7. The predicted molar refractivity (Wildman–Crippen MR) is 117 cm³/mol. The molecule has 0 fully saturated rings. The second-order valence-electron chi connectivity index (χ2n) is 5.42. The summed E-state index contributed by atoms with van der Waals surface area (Å²) < 4.78 is 66.9. The number of rotatable bonds is 7. The summed E-state index contributed by atoms with van der Waals surface area (Å²) in [5.41, 5.74) is 0.610. The number of alkyl halides is 3. The normalized spacial score (nSPS) is 11.1. The number of benzene rings is 2. The molecule has 0 saturated heterocycles. The van der Waals surface area contributed by atoms with Crippen LogP contribution >= 0.6 is 34.7 Å². The van der Waals surface area contributed by atoms with Crippen molar-refractivity contribution >= 4 is 61.2 Å². The smallest absolute Gasteiger partial charge is 0.502 e. The lowest BCUT2D eigenvalue weighted by molar-refractivity contribution is -0.274. The SMILES string of the molecule is CC(O)=S.O=C(CSS)c1ccc(NS(=O)(=O)c2ccc(OC(F)(F)F)cc2)cc1. The van der Waals surface area contributed by atoms with Crippen LogP contribution in [0, 0.1) is 0 Å². The van der Waals surface area contributed by atoms with E-state index in [1.54, 1.807) is 0 Å². The molecule has 2 aromatic rings. The van der Waals surface area contributed by atoms with Crippen LogP contribution in [0.4, 0.5) is 18.9 Å². The first-order valence-electron chi connectivity index (χ1n) is 7.82. The van der Waals surface area contributed by atoms with Crippen molar-refractivity contribution in [2.24, 2.45) is 0 Å². The van der Waals surface area contributed by atoms with Crippen molar-refractivity contribution in [1.29, 1.82) is 0 Å². The fourth-order valence-electron chi connectivity index (χ4n) is 1.90. The number of hydrogen-bond donors (Lipinski definition) is 3. The van der Waals surface area contributed by atoms with Crippen LogP contribution in [0.1, 0.15) is 17.3 Å². The number of nitrogens with one attached hydrogen (secondary N) is 1. The second kappa shape index (κ2) is 11.4. The maximum atomic E-state index is 12.3. The molecule has 0 spiro atoms. The van der Waals surface area contributed by atoms with Gasteiger partial charge < -0.3 is 9.84 Å². The van der Waals surface area contributed by atoms with Gasteiger partial charge in [0.1, 0.15) is 5.75 Å². The van der Waals surface area contributed by atoms with Crippen LogP contribution in [0.5, 0.6) is 5.75 Å². The standard InChI is InChI=1S/C15H12F3NO4S3.C2H4OS/c16-15(17,18)23-12-5-7-13(8-6-12)26(21,22)19-11-3-1-10(2-4-11)14(20)9-25-24;1-2(3)4/h1-8,19,24H,9H2;1H3,(H,3,4). The Balaban J connectivity index is 0.00000103. The van der Waals surface area contributed by atoms with E-state index in [9.17, 15) is 26.4 Å². The predicted octanol–water partition coefficient (Wildman–Crippen LogP) is 5.04. The molecular formula is C17H16F3NO5S4. The molecule has 0 aliphatic rings. The fraction of sp³-hybridized carbons (Fsp3) is 0.176. The summed E-state index contributed by atoms with van der Waals surface area (Å²) in [7, 11) is -2.93. The van der Waals surface area contributed by atoms with E-state index in [2.05, 4.69) is 33.3 Å². The van der Waals surface area contributed by atoms with E-state index >= 15 is 0 Å². The van der Waals surface area contributed by atoms with E-state index in [-0.39, 0.29) is 27.2 Å². The number of thiocarbonyl (C=S) groups is 1. The molecule has 0 radical (unpaired) electrons. The number of anilines is 1. The highest BCUT2D eigenvalue weighted by molar-refractivity contribution is 8.68. The number of carbonyl (C=O) groups excluding carboxylic acids is 1. The molecule has 0 atom stereocenters. The Morgan fingerprint density at radius 3 is 2.10 bits per heavy atom. The first-order chi connectivity index (χ1) is 13.8. The molecule has 0 aliphatic carbocycles. The Hall–Kier alpha value is -1.96. The van der Waals surface area contributed by atoms with Crippen LogP contribution in [0.25, 0.3) is 0 Å². The Kier molecular flexibility index (Phi) is 9.94. The molecule has 0 aromatic heterocycles. The van der Waals surface area contributed by atoms with Crippen molar-refractivity contribution in [3.63, 3.8) is 0 Å². The minimum atomic E-state index is -4.86. The van der Waals surface area contributed by atoms with Gasteiger partial charge in [0, 0.05) is 18.2 Å². The van der Waals surface area contributed by atoms with Crippen LogP contribution in [-0.2, 0) is 10.0 Å². The Morgan fingerprint density at radius 2 is 1.67 bits per heavy atom. The number of ketones is 1. The Morgan fingerprint density at radius 1 is 1.17 bits per heavy atom. The molecule has 0 heterocycles. The molecule has 6 nitrogen and oxygen atoms in total. The number of carbonyl (C=O) groups is 1. The molecule has 0 unspecified atom stereocenters. The molecule has 2 N–H and O–H groups in total. The van der Waals surface area contributed by atoms with E-state index in [1.807, 2.05) is 0 Å². The van der Waals surface area contributed by atoms with E-state index in [4.69, 9.17) is 5.11 Å². The summed E-state index contributed by atoms with van der Waals surface area (Å²) in [6.07, 6.45) is -4.86. The number of Topliss-reactive ketones (excluding diaryl/α,β-unsaturated/α-hetero) is 1. The summed E-state index contributed by atoms with van der Waals surface area (Å²) in [4.78, 5) is 11.5. The van der Waals surface area contributed by atoms with Crippen molar-refractivity contribution in [2.75, 3.05) is 10.5 Å². The molecule has 0 aliphatic heterocycles. The first kappa shape index (κ1) is 26.1. The maximum absolute atomic E-state index is 12.3. The minimum absolute atomic E-state index is 0.000000000000000222. The summed E-state index contributed by atoms with van der Waals surface area (Å²) >= 11 is 7.98. The fourth-order valence-corrected chi connectivity index (χ4v) is 3.59. The van der Waals surface area contributed by atoms with Crippen LogP contribution in [0.2, 0.25) is 0 Å². The summed E-state index contributed by atoms with van der Waals surface area (Å²) in [5, 5.41) is 7.79. The van der Waals surface area contributed by atoms with Crippen molar-refractivity contribution in [3.05, 3.63) is 54.1 Å². The molecule has 13 heteroatoms. The van der Waals surface area contributed by atoms with Crippen molar-refractivity contribution in [1.82, 2.24) is 0 Å². The number of aliphatic hydroxyl groups excluding tert-OH is 1. The zero-order valence-corrected chi connectivity index (χ0v) is 18.6. The quantitative estimate of drug-likeness (QED) is 0.213. The maximum Gasteiger partial charge on any atom is 0.573 e. The zero-order chi connectivity index (χ0) is 22.9. The van der Waals surface area contributed by atoms with E-state index in [1.165, 1.54) is 31.2 Å². The average Bonchev–Trinajstić information content (AvgIpc) is 2.61. The van der Waals surface area contributed by atoms with Gasteiger partial charge in [-0.05, 0) is 60.7 Å². The second-order valence-corrected chi connectivity index (χ2v) is 9.01. The lowest BCUT2D eigenvalue weighted by Crippen LogP contribution is -2.17. The minimum Gasteiger partial charge on any atom is -0.502 e. The van der Waals surface area contributed by atoms with Gasteiger partial charge in [-0.1, -0.05) is 10.8 Å². The highest BCUT2D eigenvalue weighted by Gasteiger charge is 2.31. The third-order valence-electron chi connectivity index (χ3n) is 3.02. The lowest BCUT2D eigenvalue weighted by atomic mass is 10.1. The summed E-state index contributed by atoms with van der Waals surface area (Å²) in [5.74, 6) is -0.499. The van der Waals surface area contributed by atoms with Gasteiger partial charge in [-0.15, -0.1) is 24.8 Å². The molecule has 164 valence electrons. The Bertz CT molecular complexity index is 958. The van der Waals surface area contributed by atoms with Gasteiger partial charge in [-0.25, -0.2) is 8.42 Å². The average molecular weight is 500 g/mol. The van der Waals surface area contributed by atoms with Gasteiger partial charge in [0.25, 0.3) is 10.0 Å². The number of halogens is 3. The van der Waals surface area contributed by atoms with Crippen molar-refractivity contribution in [3.8, 4) is 5.75 Å². The topological polar surface area (TPSA) is 92.7 Å². The molecule has 2 rings (SSSR count). The van der Waals surface area contributed by atoms with Crippen LogP contribution < -0.4 is 9.46 Å². The number of thiol groups is 1. The van der Waals surface area contributed by atoms with Gasteiger partial charge >= 0.3 is 6.36 Å². The number of sulfonamides is 1. The third kappa shape index (κ3) is 9.69. The van der Waals surface area contributed by atoms with Crippen LogP contribution in [-0.4, -0.2) is 36.5 Å². The molecule has 0 amide bonds. The van der Waals surface area contributed by atoms with E-state index < -0.39 is 22.1 Å². The first-order valence-corrected chi connectivity index (χ1v) is 11.7. The lowest BCUT2D eigenvalue weighted by Gasteiger charge is -2.11. The van der Waals surface area contributed by atoms with Gasteiger partial charge in [0.15, 0.2) is 10.8 Å². The number of aliphatic hydroxyl groups is 1. The van der Waals surface area contributed by atoms with E-state index in [0.717, 1.165) is 35.1 Å². The van der Waals surface area contributed by atoms with Crippen LogP contribution in [0.3, 0.4) is 0 Å². The monoisotopic (exact) mass is 499 g/mol. The molecular weight excluding hydrogens is 483 g/mol. The molecule has 0 bridgehead atoms. The number of ether oxygens (including phenoxy) is 1.